The molecule has 2 heterocycles. The van der Waals surface area contributed by atoms with Crippen molar-refractivity contribution >= 4 is 5.91 Å². The Hall–Kier alpha value is -2.08. The van der Waals surface area contributed by atoms with Crippen LogP contribution in [0.25, 0.3) is 0 Å². The lowest BCUT2D eigenvalue weighted by Gasteiger charge is -2.16. The molecular weight excluding hydrogens is 234 g/mol. The van der Waals surface area contributed by atoms with Gasteiger partial charge >= 0.3 is 0 Å². The minimum atomic E-state index is -0.166. The summed E-state index contributed by atoms with van der Waals surface area (Å²) in [5.74, 6) is 0.581. The zero-order chi connectivity index (χ0) is 12.8. The van der Waals surface area contributed by atoms with Gasteiger partial charge in [0, 0.05) is 26.0 Å². The van der Waals surface area contributed by atoms with Crippen LogP contribution in [-0.4, -0.2) is 35.9 Å². The highest BCUT2D eigenvalue weighted by Gasteiger charge is 2.17. The molecule has 0 saturated heterocycles. The van der Waals surface area contributed by atoms with Crippen molar-refractivity contribution in [2.45, 2.75) is 6.04 Å². The molecule has 18 heavy (non-hydrogen) atoms. The van der Waals surface area contributed by atoms with Gasteiger partial charge in [0.1, 0.15) is 18.4 Å². The van der Waals surface area contributed by atoms with E-state index in [1.807, 2.05) is 24.4 Å². The van der Waals surface area contributed by atoms with E-state index in [4.69, 9.17) is 9.15 Å². The molecule has 0 saturated carbocycles. The number of methoxy groups -OCH3 is 1. The van der Waals surface area contributed by atoms with Gasteiger partial charge in [-0.25, -0.2) is 0 Å². The van der Waals surface area contributed by atoms with E-state index >= 15 is 0 Å². The van der Waals surface area contributed by atoms with E-state index in [2.05, 4.69) is 10.4 Å². The predicted octanol–water partition coefficient (Wildman–Crippen LogP) is 0.828. The molecular formula is C12H15N3O3. The van der Waals surface area contributed by atoms with Crippen LogP contribution in [-0.2, 0) is 9.53 Å². The van der Waals surface area contributed by atoms with Gasteiger partial charge in [-0.15, -0.1) is 0 Å². The first kappa shape index (κ1) is 12.4. The smallest absolute Gasteiger partial charge is 0.246 e. The summed E-state index contributed by atoms with van der Waals surface area (Å²) in [7, 11) is 1.48. The fourth-order valence-electron chi connectivity index (χ4n) is 1.66. The third-order valence-corrected chi connectivity index (χ3v) is 2.48. The summed E-state index contributed by atoms with van der Waals surface area (Å²) in [6.07, 6.45) is 5.12. The van der Waals surface area contributed by atoms with E-state index < -0.39 is 0 Å². The molecule has 0 radical (unpaired) electrons. The number of amides is 1. The first-order valence-electron chi connectivity index (χ1n) is 5.59. The normalized spacial score (nSPS) is 12.3. The van der Waals surface area contributed by atoms with Crippen LogP contribution >= 0.6 is 0 Å². The second-order valence-corrected chi connectivity index (χ2v) is 3.75. The third-order valence-electron chi connectivity index (χ3n) is 2.48. The van der Waals surface area contributed by atoms with Crippen molar-refractivity contribution in [2.75, 3.05) is 20.3 Å². The topological polar surface area (TPSA) is 69.3 Å². The number of aromatic nitrogens is 2. The molecule has 0 aromatic carbocycles. The number of nitrogens with zero attached hydrogens (tertiary/aromatic N) is 2. The molecule has 2 rings (SSSR count). The minimum Gasteiger partial charge on any atom is -0.467 e. The lowest BCUT2D eigenvalue weighted by molar-refractivity contribution is -0.124. The van der Waals surface area contributed by atoms with Gasteiger partial charge in [0.25, 0.3) is 0 Å². The van der Waals surface area contributed by atoms with Crippen LogP contribution in [0.5, 0.6) is 0 Å². The molecule has 1 atom stereocenters. The zero-order valence-corrected chi connectivity index (χ0v) is 10.1. The summed E-state index contributed by atoms with van der Waals surface area (Å²) < 4.78 is 11.9. The summed E-state index contributed by atoms with van der Waals surface area (Å²) in [6.45, 7) is 0.446. The average Bonchev–Trinajstić information content (AvgIpc) is 3.02. The van der Waals surface area contributed by atoms with E-state index in [0.717, 1.165) is 5.76 Å². The van der Waals surface area contributed by atoms with Crippen molar-refractivity contribution in [3.05, 3.63) is 42.6 Å². The average molecular weight is 249 g/mol. The lowest BCUT2D eigenvalue weighted by Crippen LogP contribution is -2.33. The molecule has 6 heteroatoms. The standard InChI is InChI=1S/C12H15N3O3/c1-17-9-12(16)13-8-10(11-4-2-7-18-11)15-6-3-5-14-15/h2-7,10H,8-9H2,1H3,(H,13,16)/t10-/m1/s1. The number of carbonyl (C=O) groups excluding carboxylic acids is 1. The quantitative estimate of drug-likeness (QED) is 0.823. The van der Waals surface area contributed by atoms with Crippen molar-refractivity contribution < 1.29 is 13.9 Å². The first-order valence-corrected chi connectivity index (χ1v) is 5.59. The van der Waals surface area contributed by atoms with E-state index in [1.165, 1.54) is 7.11 Å². The molecule has 1 amide bonds. The third kappa shape index (κ3) is 2.98. The van der Waals surface area contributed by atoms with Crippen molar-refractivity contribution in [1.29, 1.82) is 0 Å². The second-order valence-electron chi connectivity index (χ2n) is 3.75. The minimum absolute atomic E-state index is 0.0456. The molecule has 0 aliphatic heterocycles. The van der Waals surface area contributed by atoms with Crippen LogP contribution in [0.1, 0.15) is 11.8 Å². The summed E-state index contributed by atoms with van der Waals surface area (Å²) in [4.78, 5) is 11.4. The molecule has 1 N–H and O–H groups in total. The maximum atomic E-state index is 11.4. The fraction of sp³-hybridized carbons (Fsp3) is 0.333. The van der Waals surface area contributed by atoms with Gasteiger partial charge < -0.3 is 14.5 Å². The number of furan rings is 1. The Morgan fingerprint density at radius 3 is 3.11 bits per heavy atom. The Morgan fingerprint density at radius 2 is 2.50 bits per heavy atom. The Balaban J connectivity index is 2.05. The second kappa shape index (κ2) is 6.02. The SMILES string of the molecule is COCC(=O)NC[C@H](c1ccco1)n1cccn1. The molecule has 96 valence electrons. The number of rotatable bonds is 6. The maximum absolute atomic E-state index is 11.4. The van der Waals surface area contributed by atoms with Crippen molar-refractivity contribution in [1.82, 2.24) is 15.1 Å². The maximum Gasteiger partial charge on any atom is 0.246 e. The summed E-state index contributed by atoms with van der Waals surface area (Å²) >= 11 is 0. The van der Waals surface area contributed by atoms with Crippen molar-refractivity contribution in [2.24, 2.45) is 0 Å². The number of carbonyl (C=O) groups is 1. The Kier molecular flexibility index (Phi) is 4.14. The van der Waals surface area contributed by atoms with Gasteiger partial charge in [-0.3, -0.25) is 9.48 Å². The number of nitrogens with one attached hydrogen (secondary N) is 1. The van der Waals surface area contributed by atoms with Gasteiger partial charge in [0.2, 0.25) is 5.91 Å². The van der Waals surface area contributed by atoms with Crippen LogP contribution in [0, 0.1) is 0 Å². The van der Waals surface area contributed by atoms with Gasteiger partial charge in [-0.1, -0.05) is 0 Å². The van der Waals surface area contributed by atoms with Crippen LogP contribution in [0.15, 0.2) is 41.3 Å². The molecule has 0 bridgehead atoms. The van der Waals surface area contributed by atoms with Gasteiger partial charge in [0.15, 0.2) is 0 Å². The van der Waals surface area contributed by atoms with Crippen LogP contribution in [0.2, 0.25) is 0 Å². The number of hydrogen-bond acceptors (Lipinski definition) is 4. The number of ether oxygens (including phenoxy) is 1. The monoisotopic (exact) mass is 249 g/mol. The Labute approximate surface area is 105 Å². The molecule has 0 spiro atoms. The molecule has 0 fully saturated rings. The lowest BCUT2D eigenvalue weighted by atomic mass is 10.2. The molecule has 2 aromatic heterocycles. The van der Waals surface area contributed by atoms with Crippen LogP contribution < -0.4 is 5.32 Å². The van der Waals surface area contributed by atoms with E-state index in [9.17, 15) is 4.79 Å². The van der Waals surface area contributed by atoms with Gasteiger partial charge in [-0.2, -0.15) is 5.10 Å². The summed E-state index contributed by atoms with van der Waals surface area (Å²) in [6, 6.07) is 5.33. The molecule has 0 aliphatic rings. The summed E-state index contributed by atoms with van der Waals surface area (Å²) in [5.41, 5.74) is 0. The highest BCUT2D eigenvalue weighted by molar-refractivity contribution is 5.77. The Bertz CT molecular complexity index is 430. The van der Waals surface area contributed by atoms with E-state index in [-0.39, 0.29) is 18.6 Å². The summed E-state index contributed by atoms with van der Waals surface area (Å²) in [5, 5.41) is 6.95. The number of hydrogen-bond donors (Lipinski definition) is 1. The van der Waals surface area contributed by atoms with E-state index in [0.29, 0.717) is 6.54 Å². The van der Waals surface area contributed by atoms with Crippen LogP contribution in [0.4, 0.5) is 0 Å². The highest BCUT2D eigenvalue weighted by Crippen LogP contribution is 2.16. The largest absolute Gasteiger partial charge is 0.467 e. The van der Waals surface area contributed by atoms with Gasteiger partial charge in [0.05, 0.1) is 6.26 Å². The van der Waals surface area contributed by atoms with Gasteiger partial charge in [-0.05, 0) is 18.2 Å². The van der Waals surface area contributed by atoms with Crippen LogP contribution in [0.3, 0.4) is 0 Å². The predicted molar refractivity (Wildman–Crippen MR) is 64.0 cm³/mol. The zero-order valence-electron chi connectivity index (χ0n) is 10.1. The van der Waals surface area contributed by atoms with E-state index in [1.54, 1.807) is 17.1 Å². The highest BCUT2D eigenvalue weighted by atomic mass is 16.5. The molecule has 0 aliphatic carbocycles. The van der Waals surface area contributed by atoms with Crippen molar-refractivity contribution in [3.63, 3.8) is 0 Å². The molecule has 0 unspecified atom stereocenters. The fourth-order valence-corrected chi connectivity index (χ4v) is 1.66. The molecule has 6 nitrogen and oxygen atoms in total. The van der Waals surface area contributed by atoms with Crippen molar-refractivity contribution in [3.8, 4) is 0 Å². The Morgan fingerprint density at radius 1 is 1.61 bits per heavy atom. The first-order chi connectivity index (χ1) is 8.81. The molecule has 2 aromatic rings.